The summed E-state index contributed by atoms with van der Waals surface area (Å²) in [5.74, 6) is -1.83. The molecule has 230 valence electrons. The number of halogens is 2. The summed E-state index contributed by atoms with van der Waals surface area (Å²) in [7, 11) is 0.500. The average molecular weight is 632 g/mol. The van der Waals surface area contributed by atoms with Gasteiger partial charge >= 0.3 is 0 Å². The van der Waals surface area contributed by atoms with E-state index < -0.39 is 27.6 Å². The van der Waals surface area contributed by atoms with Crippen LogP contribution in [0.5, 0.6) is 5.75 Å². The Hall–Kier alpha value is -5.30. The highest BCUT2D eigenvalue weighted by atomic mass is 32.2. The zero-order chi connectivity index (χ0) is 32.2. The van der Waals surface area contributed by atoms with Crippen LogP contribution in [-0.2, 0) is 10.0 Å². The lowest BCUT2D eigenvalue weighted by molar-refractivity contribution is 0.0964. The van der Waals surface area contributed by atoms with Crippen LogP contribution < -0.4 is 14.4 Å². The summed E-state index contributed by atoms with van der Waals surface area (Å²) in [5, 5.41) is 3.07. The minimum Gasteiger partial charge on any atom is -0.493 e. The first-order valence-corrected chi connectivity index (χ1v) is 15.5. The highest BCUT2D eigenvalue weighted by Gasteiger charge is 2.27. The fourth-order valence-electron chi connectivity index (χ4n) is 5.12. The second-order valence-electron chi connectivity index (χ2n) is 10.5. The van der Waals surface area contributed by atoms with E-state index in [1.54, 1.807) is 6.07 Å². The number of benzene rings is 3. The molecule has 10 nitrogen and oxygen atoms in total. The molecule has 6 rings (SSSR count). The van der Waals surface area contributed by atoms with E-state index >= 15 is 0 Å². The van der Waals surface area contributed by atoms with Gasteiger partial charge in [0.25, 0.3) is 5.91 Å². The average Bonchev–Trinajstić information content (AvgIpc) is 3.63. The third-order valence-electron chi connectivity index (χ3n) is 7.57. The molecule has 3 aromatic carbocycles. The van der Waals surface area contributed by atoms with Gasteiger partial charge in [0.15, 0.2) is 23.2 Å². The highest BCUT2D eigenvalue weighted by Crippen LogP contribution is 2.41. The van der Waals surface area contributed by atoms with Crippen LogP contribution in [0.3, 0.4) is 0 Å². The second-order valence-corrected chi connectivity index (χ2v) is 12.5. The molecule has 1 amide bonds. The van der Waals surface area contributed by atoms with E-state index in [1.165, 1.54) is 45.6 Å². The van der Waals surface area contributed by atoms with Gasteiger partial charge in [-0.3, -0.25) is 9.10 Å². The lowest BCUT2D eigenvalue weighted by atomic mass is 10.0. The van der Waals surface area contributed by atoms with Crippen LogP contribution in [0.2, 0.25) is 0 Å². The topological polar surface area (TPSA) is 130 Å². The van der Waals surface area contributed by atoms with Crippen molar-refractivity contribution >= 4 is 43.5 Å². The van der Waals surface area contributed by atoms with Crippen molar-refractivity contribution in [2.45, 2.75) is 6.92 Å². The number of nitrogens with zero attached hydrogens (tertiary/aromatic N) is 3. The van der Waals surface area contributed by atoms with Crippen molar-refractivity contribution < 1.29 is 31.1 Å². The van der Waals surface area contributed by atoms with Gasteiger partial charge in [0.05, 0.1) is 36.5 Å². The number of nitrogens with one attached hydrogen (secondary N) is 2. The Morgan fingerprint density at radius 1 is 1.07 bits per heavy atom. The van der Waals surface area contributed by atoms with Gasteiger partial charge in [0.1, 0.15) is 17.0 Å². The maximum atomic E-state index is 14.6. The van der Waals surface area contributed by atoms with Crippen molar-refractivity contribution in [3.8, 4) is 39.8 Å². The molecular weight excluding hydrogens is 604 g/mol. The zero-order valence-electron chi connectivity index (χ0n) is 24.8. The Kier molecular flexibility index (Phi) is 7.28. The second kappa shape index (κ2) is 11.0. The highest BCUT2D eigenvalue weighted by molar-refractivity contribution is 7.92. The number of ether oxygens (including phenoxy) is 1. The predicted octanol–water partition coefficient (Wildman–Crippen LogP) is 6.06. The molecule has 0 saturated heterocycles. The van der Waals surface area contributed by atoms with Gasteiger partial charge in [-0.2, -0.15) is 0 Å². The molecular formula is C32H27F2N5O5S. The van der Waals surface area contributed by atoms with Crippen LogP contribution >= 0.6 is 0 Å². The van der Waals surface area contributed by atoms with E-state index in [4.69, 9.17) is 14.1 Å². The maximum Gasteiger partial charge on any atom is 0.255 e. The summed E-state index contributed by atoms with van der Waals surface area (Å²) in [6, 6.07) is 14.4. The van der Waals surface area contributed by atoms with Gasteiger partial charge in [-0.25, -0.2) is 27.2 Å². The van der Waals surface area contributed by atoms with Crippen LogP contribution in [0.15, 0.2) is 65.2 Å². The number of aryl methyl sites for hydroxylation is 1. The quantitative estimate of drug-likeness (QED) is 0.219. The molecule has 0 aliphatic heterocycles. The third kappa shape index (κ3) is 5.14. The molecule has 6 aromatic rings. The summed E-state index contributed by atoms with van der Waals surface area (Å²) in [4.78, 5) is 25.4. The molecule has 13 heteroatoms. The smallest absolute Gasteiger partial charge is 0.255 e. The molecule has 0 spiro atoms. The number of furan rings is 1. The molecule has 3 aromatic heterocycles. The normalized spacial score (nSPS) is 11.7. The number of aromatic amines is 1. The third-order valence-corrected chi connectivity index (χ3v) is 8.76. The molecule has 0 aliphatic rings. The predicted molar refractivity (Wildman–Crippen MR) is 168 cm³/mol. The number of methoxy groups -OCH3 is 1. The van der Waals surface area contributed by atoms with Gasteiger partial charge in [0, 0.05) is 47.6 Å². The van der Waals surface area contributed by atoms with E-state index in [9.17, 15) is 22.0 Å². The number of fused-ring (bicyclic) bond motifs is 2. The van der Waals surface area contributed by atoms with Crippen LogP contribution in [0, 0.1) is 18.6 Å². The summed E-state index contributed by atoms with van der Waals surface area (Å²) < 4.78 is 66.8. The molecule has 0 aliphatic carbocycles. The van der Waals surface area contributed by atoms with Crippen molar-refractivity contribution in [2.75, 3.05) is 31.8 Å². The van der Waals surface area contributed by atoms with E-state index in [2.05, 4.69) is 15.3 Å². The first-order chi connectivity index (χ1) is 21.4. The molecule has 2 N–H and O–H groups in total. The Labute approximate surface area is 256 Å². The number of carbonyl (C=O) groups excluding carboxylic acids is 1. The van der Waals surface area contributed by atoms with E-state index in [-0.39, 0.29) is 45.1 Å². The first-order valence-electron chi connectivity index (χ1n) is 13.6. The van der Waals surface area contributed by atoms with Crippen molar-refractivity contribution in [3.63, 3.8) is 0 Å². The Morgan fingerprint density at radius 3 is 2.47 bits per heavy atom. The number of hydrogen-bond acceptors (Lipinski definition) is 7. The molecule has 0 radical (unpaired) electrons. The van der Waals surface area contributed by atoms with Crippen LogP contribution in [0.1, 0.15) is 15.9 Å². The van der Waals surface area contributed by atoms with Gasteiger partial charge in [-0.05, 0) is 31.2 Å². The molecule has 3 heterocycles. The number of hydrogen-bond donors (Lipinski definition) is 2. The van der Waals surface area contributed by atoms with E-state index in [0.29, 0.717) is 27.9 Å². The number of anilines is 1. The molecule has 45 heavy (non-hydrogen) atoms. The summed E-state index contributed by atoms with van der Waals surface area (Å²) >= 11 is 0. The van der Waals surface area contributed by atoms with Crippen molar-refractivity contribution in [3.05, 3.63) is 83.6 Å². The Bertz CT molecular complexity index is 2240. The number of sulfonamides is 1. The fraction of sp³-hybridized carbons (Fsp3) is 0.156. The fourth-order valence-corrected chi connectivity index (χ4v) is 5.63. The minimum atomic E-state index is -3.79. The van der Waals surface area contributed by atoms with Crippen LogP contribution in [0.25, 0.3) is 56.0 Å². The largest absolute Gasteiger partial charge is 0.493 e. The standard InChI is InChI=1S/C32H27F2N5O5S/c1-16-6-8-17(9-7-16)30-27(32(40)35-2)20-12-19(24(14-25(20)44-30)39(3)45(5,41)42)31-36-15-26(43-4)29(38-31)23-13-18-22(37-23)11-10-21(33)28(18)34/h6-15,37H,1-5H3,(H,35,40). The monoisotopic (exact) mass is 631 g/mol. The lowest BCUT2D eigenvalue weighted by Gasteiger charge is -2.20. The molecule has 0 atom stereocenters. The maximum absolute atomic E-state index is 14.6. The number of rotatable bonds is 7. The number of amides is 1. The summed E-state index contributed by atoms with van der Waals surface area (Å²) in [6.45, 7) is 1.94. The number of carbonyl (C=O) groups is 1. The first kappa shape index (κ1) is 29.8. The van der Waals surface area contributed by atoms with Crippen LogP contribution in [0.4, 0.5) is 14.5 Å². The van der Waals surface area contributed by atoms with Crippen molar-refractivity contribution in [1.82, 2.24) is 20.3 Å². The van der Waals surface area contributed by atoms with Gasteiger partial charge in [0.2, 0.25) is 10.0 Å². The number of H-pyrrole nitrogens is 1. The molecule has 0 bridgehead atoms. The SMILES string of the molecule is CNC(=O)c1c(-c2ccc(C)cc2)oc2cc(N(C)S(C)(=O)=O)c(-c3ncc(OC)c(-c4cc5c(F)c(F)ccc5[nH]4)n3)cc12. The zero-order valence-corrected chi connectivity index (χ0v) is 25.6. The molecule has 0 fully saturated rings. The summed E-state index contributed by atoms with van der Waals surface area (Å²) in [6.07, 6.45) is 2.44. The Balaban J connectivity index is 1.64. The Morgan fingerprint density at radius 2 is 1.80 bits per heavy atom. The van der Waals surface area contributed by atoms with Crippen molar-refractivity contribution in [2.24, 2.45) is 0 Å². The molecule has 0 unspecified atom stereocenters. The van der Waals surface area contributed by atoms with Crippen molar-refractivity contribution in [1.29, 1.82) is 0 Å². The molecule has 0 saturated carbocycles. The van der Waals surface area contributed by atoms with E-state index in [0.717, 1.165) is 22.2 Å². The van der Waals surface area contributed by atoms with Gasteiger partial charge < -0.3 is 19.5 Å². The van der Waals surface area contributed by atoms with Gasteiger partial charge in [-0.1, -0.05) is 29.8 Å². The summed E-state index contributed by atoms with van der Waals surface area (Å²) in [5.41, 5.74) is 3.48. The van der Waals surface area contributed by atoms with E-state index in [1.807, 2.05) is 31.2 Å². The minimum absolute atomic E-state index is 0.0170. The number of aromatic nitrogens is 3. The van der Waals surface area contributed by atoms with Gasteiger partial charge in [-0.15, -0.1) is 0 Å². The van der Waals surface area contributed by atoms with Crippen LogP contribution in [-0.4, -0.2) is 56.7 Å². The lowest BCUT2D eigenvalue weighted by Crippen LogP contribution is -2.25.